The Morgan fingerprint density at radius 3 is 2.52 bits per heavy atom. The summed E-state index contributed by atoms with van der Waals surface area (Å²) in [7, 11) is 0. The van der Waals surface area contributed by atoms with Crippen molar-refractivity contribution in [3.63, 3.8) is 0 Å². The number of nitrogens with one attached hydrogen (secondary N) is 2. The molecule has 3 rings (SSSR count). The Bertz CT molecular complexity index is 972. The minimum absolute atomic E-state index is 0.0990. The summed E-state index contributed by atoms with van der Waals surface area (Å²) in [5.74, 6) is 0.147. The molecule has 1 aromatic heterocycles. The molecule has 2 aromatic carbocycles. The van der Waals surface area contributed by atoms with Crippen LogP contribution in [0.2, 0.25) is 0 Å². The molecule has 128 valence electrons. The molecule has 1 heterocycles. The Morgan fingerprint density at radius 2 is 1.80 bits per heavy atom. The Labute approximate surface area is 148 Å². The fraction of sp³-hybridized carbons (Fsp3) is 0.0625. The molecule has 0 fully saturated rings. The molecule has 0 aliphatic rings. The summed E-state index contributed by atoms with van der Waals surface area (Å²) in [6, 6.07) is 11.6. The Kier molecular flexibility index (Phi) is 4.58. The number of H-pyrrole nitrogens is 1. The van der Waals surface area contributed by atoms with Crippen molar-refractivity contribution in [2.45, 2.75) is 6.18 Å². The first-order valence-electron chi connectivity index (χ1n) is 7.00. The second kappa shape index (κ2) is 6.67. The Balaban J connectivity index is 1.95. The summed E-state index contributed by atoms with van der Waals surface area (Å²) in [5, 5.41) is 2.63. The minimum atomic E-state index is -4.46. The lowest BCUT2D eigenvalue weighted by Crippen LogP contribution is -2.15. The van der Waals surface area contributed by atoms with Gasteiger partial charge in [0, 0.05) is 15.7 Å². The number of aromatic nitrogens is 3. The van der Waals surface area contributed by atoms with Crippen LogP contribution in [0.1, 0.15) is 5.56 Å². The topological polar surface area (TPSA) is 70.7 Å². The van der Waals surface area contributed by atoms with E-state index in [9.17, 15) is 18.0 Å². The third-order valence-corrected chi connectivity index (χ3v) is 3.69. The lowest BCUT2D eigenvalue weighted by Gasteiger charge is -2.10. The van der Waals surface area contributed by atoms with E-state index in [1.807, 2.05) is 6.07 Å². The molecule has 0 bridgehead atoms. The van der Waals surface area contributed by atoms with Crippen molar-refractivity contribution in [1.82, 2.24) is 15.0 Å². The lowest BCUT2D eigenvalue weighted by atomic mass is 10.2. The van der Waals surface area contributed by atoms with Crippen LogP contribution >= 0.6 is 15.9 Å². The van der Waals surface area contributed by atoms with Crippen molar-refractivity contribution in [2.75, 3.05) is 5.32 Å². The number of anilines is 2. The summed E-state index contributed by atoms with van der Waals surface area (Å²) < 4.78 is 39.1. The highest BCUT2D eigenvalue weighted by molar-refractivity contribution is 9.10. The number of aromatic amines is 1. The van der Waals surface area contributed by atoms with Gasteiger partial charge in [0.1, 0.15) is 5.82 Å². The second-order valence-corrected chi connectivity index (χ2v) is 5.96. The van der Waals surface area contributed by atoms with E-state index in [4.69, 9.17) is 0 Å². The highest BCUT2D eigenvalue weighted by Gasteiger charge is 2.30. The fourth-order valence-electron chi connectivity index (χ4n) is 2.12. The van der Waals surface area contributed by atoms with E-state index in [0.717, 1.165) is 16.6 Å². The summed E-state index contributed by atoms with van der Waals surface area (Å²) >= 11 is 3.32. The quantitative estimate of drug-likeness (QED) is 0.672. The van der Waals surface area contributed by atoms with Gasteiger partial charge in [0.05, 0.1) is 5.56 Å². The zero-order chi connectivity index (χ0) is 18.0. The molecular formula is C16H10BrF3N4O. The number of hydrogen-bond donors (Lipinski definition) is 2. The first-order valence-corrected chi connectivity index (χ1v) is 7.79. The van der Waals surface area contributed by atoms with E-state index in [0.29, 0.717) is 5.56 Å². The van der Waals surface area contributed by atoms with E-state index in [2.05, 4.69) is 36.2 Å². The van der Waals surface area contributed by atoms with Gasteiger partial charge in [0.15, 0.2) is 0 Å². The van der Waals surface area contributed by atoms with Gasteiger partial charge in [-0.25, -0.2) is 4.79 Å². The highest BCUT2D eigenvalue weighted by atomic mass is 79.9. The van der Waals surface area contributed by atoms with Gasteiger partial charge in [-0.3, -0.25) is 4.98 Å². The highest BCUT2D eigenvalue weighted by Crippen LogP contribution is 2.31. The van der Waals surface area contributed by atoms with Crippen LogP contribution < -0.4 is 11.0 Å². The van der Waals surface area contributed by atoms with E-state index in [1.165, 1.54) is 12.1 Å². The van der Waals surface area contributed by atoms with Crippen molar-refractivity contribution in [2.24, 2.45) is 0 Å². The molecule has 0 aliphatic carbocycles. The largest absolute Gasteiger partial charge is 0.416 e. The standard InChI is InChI=1S/C16H10BrF3N4O/c17-11-5-1-3-9(7-11)13-22-14(24-15(25)23-13)21-12-6-2-4-10(8-12)16(18,19)20/h1-8H,(H2,21,22,23,24,25). The molecule has 0 aliphatic heterocycles. The SMILES string of the molecule is O=c1nc(Nc2cccc(C(F)(F)F)c2)nc(-c2cccc(Br)c2)[nH]1. The van der Waals surface area contributed by atoms with Crippen molar-refractivity contribution >= 4 is 27.6 Å². The van der Waals surface area contributed by atoms with Crippen LogP contribution in [0.5, 0.6) is 0 Å². The molecule has 0 saturated heterocycles. The summed E-state index contributed by atoms with van der Waals surface area (Å²) in [5.41, 5.74) is -0.726. The lowest BCUT2D eigenvalue weighted by molar-refractivity contribution is -0.137. The zero-order valence-corrected chi connectivity index (χ0v) is 14.0. The molecule has 0 radical (unpaired) electrons. The monoisotopic (exact) mass is 410 g/mol. The molecule has 5 nitrogen and oxygen atoms in total. The molecule has 0 saturated carbocycles. The number of hydrogen-bond acceptors (Lipinski definition) is 4. The van der Waals surface area contributed by atoms with Crippen molar-refractivity contribution in [1.29, 1.82) is 0 Å². The predicted octanol–water partition coefficient (Wildman–Crippen LogP) is 4.36. The minimum Gasteiger partial charge on any atom is -0.324 e. The van der Waals surface area contributed by atoms with Gasteiger partial charge >= 0.3 is 11.9 Å². The first kappa shape index (κ1) is 17.2. The van der Waals surface area contributed by atoms with Crippen LogP contribution in [-0.2, 0) is 6.18 Å². The predicted molar refractivity (Wildman–Crippen MR) is 90.5 cm³/mol. The van der Waals surface area contributed by atoms with Gasteiger partial charge in [-0.1, -0.05) is 34.1 Å². The van der Waals surface area contributed by atoms with Gasteiger partial charge in [-0.2, -0.15) is 23.1 Å². The molecule has 0 amide bonds. The first-order chi connectivity index (χ1) is 11.8. The van der Waals surface area contributed by atoms with Gasteiger partial charge in [0.25, 0.3) is 0 Å². The van der Waals surface area contributed by atoms with E-state index in [1.54, 1.807) is 18.2 Å². The van der Waals surface area contributed by atoms with Gasteiger partial charge in [-0.05, 0) is 30.3 Å². The average molecular weight is 411 g/mol. The average Bonchev–Trinajstić information content (AvgIpc) is 2.54. The number of alkyl halides is 3. The van der Waals surface area contributed by atoms with E-state index < -0.39 is 17.4 Å². The van der Waals surface area contributed by atoms with Gasteiger partial charge in [0.2, 0.25) is 5.95 Å². The van der Waals surface area contributed by atoms with Crippen molar-refractivity contribution < 1.29 is 13.2 Å². The molecule has 9 heteroatoms. The van der Waals surface area contributed by atoms with Crippen molar-refractivity contribution in [3.05, 3.63) is 69.1 Å². The molecule has 0 atom stereocenters. The Hall–Kier alpha value is -2.68. The molecule has 0 unspecified atom stereocenters. The van der Waals surface area contributed by atoms with Crippen LogP contribution in [0.4, 0.5) is 24.8 Å². The number of benzene rings is 2. The zero-order valence-electron chi connectivity index (χ0n) is 12.4. The molecule has 0 spiro atoms. The summed E-state index contributed by atoms with van der Waals surface area (Å²) in [4.78, 5) is 22.0. The van der Waals surface area contributed by atoms with Gasteiger partial charge < -0.3 is 5.32 Å². The Morgan fingerprint density at radius 1 is 1.04 bits per heavy atom. The normalized spacial score (nSPS) is 11.4. The molecule has 25 heavy (non-hydrogen) atoms. The third-order valence-electron chi connectivity index (χ3n) is 3.19. The maximum atomic E-state index is 12.8. The maximum Gasteiger partial charge on any atom is 0.416 e. The third kappa shape index (κ3) is 4.24. The van der Waals surface area contributed by atoms with E-state index >= 15 is 0 Å². The van der Waals surface area contributed by atoms with Crippen LogP contribution in [0.15, 0.2) is 57.8 Å². The molecular weight excluding hydrogens is 401 g/mol. The smallest absolute Gasteiger partial charge is 0.324 e. The van der Waals surface area contributed by atoms with Crippen LogP contribution in [0.25, 0.3) is 11.4 Å². The van der Waals surface area contributed by atoms with Gasteiger partial charge in [-0.15, -0.1) is 0 Å². The van der Waals surface area contributed by atoms with Crippen LogP contribution in [-0.4, -0.2) is 15.0 Å². The number of halogens is 4. The number of rotatable bonds is 3. The second-order valence-electron chi connectivity index (χ2n) is 5.04. The molecule has 2 N–H and O–H groups in total. The summed E-state index contributed by atoms with van der Waals surface area (Å²) in [6.07, 6.45) is -4.46. The molecule has 3 aromatic rings. The summed E-state index contributed by atoms with van der Waals surface area (Å²) in [6.45, 7) is 0. The van der Waals surface area contributed by atoms with E-state index in [-0.39, 0.29) is 17.5 Å². The van der Waals surface area contributed by atoms with Crippen LogP contribution in [0.3, 0.4) is 0 Å². The number of nitrogens with zero attached hydrogens (tertiary/aromatic N) is 2. The van der Waals surface area contributed by atoms with Crippen LogP contribution in [0, 0.1) is 0 Å². The fourth-order valence-corrected chi connectivity index (χ4v) is 2.51. The van der Waals surface area contributed by atoms with Crippen molar-refractivity contribution in [3.8, 4) is 11.4 Å². The maximum absolute atomic E-state index is 12.8.